The average molecular weight is 415 g/mol. The van der Waals surface area contributed by atoms with Crippen LogP contribution in [0.3, 0.4) is 0 Å². The summed E-state index contributed by atoms with van der Waals surface area (Å²) in [6, 6.07) is 4.59. The summed E-state index contributed by atoms with van der Waals surface area (Å²) in [5.74, 6) is -0.724. The van der Waals surface area contributed by atoms with Crippen molar-refractivity contribution < 1.29 is 14.3 Å². The van der Waals surface area contributed by atoms with E-state index in [1.807, 2.05) is 0 Å². The Hall–Kier alpha value is -1.86. The number of imidazole rings is 1. The maximum atomic E-state index is 12.1. The number of hydrogen-bond donors (Lipinski definition) is 2. The summed E-state index contributed by atoms with van der Waals surface area (Å²) in [5.41, 5.74) is 0.872. The van der Waals surface area contributed by atoms with Gasteiger partial charge in [-0.05, 0) is 39.0 Å². The summed E-state index contributed by atoms with van der Waals surface area (Å²) in [4.78, 5) is 31.0. The molecule has 2 N–H and O–H groups in total. The summed E-state index contributed by atoms with van der Waals surface area (Å²) < 4.78 is 5.28. The number of rotatable bonds is 4. The number of nitrogens with zero attached hydrogens (tertiary/aromatic N) is 1. The second-order valence-corrected chi connectivity index (χ2v) is 7.01. The molecule has 8 heteroatoms. The number of hydrogen-bond acceptors (Lipinski definition) is 4. The number of aromatic amines is 1. The minimum atomic E-state index is -0.611. The Balaban J connectivity index is 2.11. The molecule has 0 saturated carbocycles. The van der Waals surface area contributed by atoms with Crippen LogP contribution in [0.1, 0.15) is 47.4 Å². The Labute approximate surface area is 153 Å². The van der Waals surface area contributed by atoms with Gasteiger partial charge in [0.2, 0.25) is 0 Å². The number of H-pyrrole nitrogens is 1. The first-order valence-corrected chi connectivity index (χ1v) is 8.63. The molecule has 6 nitrogen and oxygen atoms in total. The van der Waals surface area contributed by atoms with Crippen LogP contribution < -0.4 is 5.32 Å². The van der Waals surface area contributed by atoms with Gasteiger partial charge in [0.1, 0.15) is 5.60 Å². The number of esters is 1. The van der Waals surface area contributed by atoms with E-state index in [0.717, 1.165) is 5.69 Å². The van der Waals surface area contributed by atoms with E-state index < -0.39 is 17.5 Å². The highest BCUT2D eigenvalue weighted by atomic mass is 79.9. The Bertz CT molecular complexity index is 768. The molecule has 2 rings (SSSR count). The minimum Gasteiger partial charge on any atom is -0.456 e. The molecule has 0 radical (unpaired) electrons. The number of benzene rings is 1. The van der Waals surface area contributed by atoms with Gasteiger partial charge >= 0.3 is 5.97 Å². The molecule has 1 heterocycles. The smallest absolute Gasteiger partial charge is 0.340 e. The molecule has 0 fully saturated rings. The Morgan fingerprint density at radius 3 is 2.62 bits per heavy atom. The third-order valence-electron chi connectivity index (χ3n) is 2.83. The molecule has 1 aromatic heterocycles. The van der Waals surface area contributed by atoms with E-state index in [1.165, 1.54) is 12.1 Å². The zero-order valence-corrected chi connectivity index (χ0v) is 15.8. The van der Waals surface area contributed by atoms with Crippen LogP contribution in [0.25, 0.3) is 0 Å². The minimum absolute atomic E-state index is 0.191. The monoisotopic (exact) mass is 413 g/mol. The van der Waals surface area contributed by atoms with Crippen molar-refractivity contribution in [2.24, 2.45) is 0 Å². The lowest BCUT2D eigenvalue weighted by molar-refractivity contribution is 0.00697. The van der Waals surface area contributed by atoms with Crippen molar-refractivity contribution in [2.75, 3.05) is 5.32 Å². The molecule has 0 aliphatic heterocycles. The number of ether oxygens (including phenoxy) is 1. The highest BCUT2D eigenvalue weighted by molar-refractivity contribution is 9.08. The van der Waals surface area contributed by atoms with E-state index in [-0.39, 0.29) is 16.4 Å². The molecular weight excluding hydrogens is 398 g/mol. The number of carbonyl (C=O) groups is 2. The number of carbonyl (C=O) groups excluding carboxylic acids is 2. The number of alkyl halides is 1. The fourth-order valence-electron chi connectivity index (χ4n) is 1.82. The maximum Gasteiger partial charge on any atom is 0.340 e. The largest absolute Gasteiger partial charge is 0.456 e. The Kier molecular flexibility index (Phi) is 5.66. The predicted octanol–water partition coefficient (Wildman–Crippen LogP) is 4.17. The lowest BCUT2D eigenvalue weighted by Crippen LogP contribution is -2.24. The highest BCUT2D eigenvalue weighted by Gasteiger charge is 2.20. The lowest BCUT2D eigenvalue weighted by Gasteiger charge is -2.20. The molecule has 0 unspecified atom stereocenters. The first-order chi connectivity index (χ1) is 11.2. The molecule has 2 aromatic rings. The van der Waals surface area contributed by atoms with Gasteiger partial charge in [-0.3, -0.25) is 4.79 Å². The molecule has 0 aliphatic rings. The normalized spacial score (nSPS) is 11.2. The molecule has 0 saturated heterocycles. The third kappa shape index (κ3) is 4.82. The van der Waals surface area contributed by atoms with Crippen LogP contribution in [0.2, 0.25) is 5.02 Å². The number of halogens is 2. The van der Waals surface area contributed by atoms with Crippen LogP contribution >= 0.6 is 27.5 Å². The Morgan fingerprint density at radius 1 is 1.38 bits per heavy atom. The zero-order valence-electron chi connectivity index (χ0n) is 13.4. The van der Waals surface area contributed by atoms with Crippen LogP contribution in [-0.4, -0.2) is 27.4 Å². The van der Waals surface area contributed by atoms with Crippen molar-refractivity contribution in [3.05, 3.63) is 46.5 Å². The van der Waals surface area contributed by atoms with Gasteiger partial charge in [-0.25, -0.2) is 9.78 Å². The van der Waals surface area contributed by atoms with E-state index in [4.69, 9.17) is 16.3 Å². The first-order valence-electron chi connectivity index (χ1n) is 7.13. The van der Waals surface area contributed by atoms with Crippen molar-refractivity contribution in [3.63, 3.8) is 0 Å². The molecule has 1 amide bonds. The van der Waals surface area contributed by atoms with Crippen molar-refractivity contribution in [1.82, 2.24) is 9.97 Å². The van der Waals surface area contributed by atoms with Crippen LogP contribution in [0.15, 0.2) is 24.4 Å². The van der Waals surface area contributed by atoms with Gasteiger partial charge in [0, 0.05) is 22.9 Å². The number of nitrogens with one attached hydrogen (secondary N) is 2. The van der Waals surface area contributed by atoms with E-state index in [0.29, 0.717) is 11.0 Å². The topological polar surface area (TPSA) is 84.1 Å². The maximum absolute atomic E-state index is 12.1. The molecule has 1 aromatic carbocycles. The zero-order chi connectivity index (χ0) is 17.9. The summed E-state index contributed by atoms with van der Waals surface area (Å²) in [6.07, 6.45) is 1.57. The molecular formula is C16H17BrClN3O3. The van der Waals surface area contributed by atoms with Gasteiger partial charge in [0.25, 0.3) is 5.91 Å². The highest BCUT2D eigenvalue weighted by Crippen LogP contribution is 2.24. The molecule has 0 atom stereocenters. The van der Waals surface area contributed by atoms with E-state index in [9.17, 15) is 9.59 Å². The predicted molar refractivity (Wildman–Crippen MR) is 95.8 cm³/mol. The summed E-state index contributed by atoms with van der Waals surface area (Å²) in [5, 5.41) is 3.44. The summed E-state index contributed by atoms with van der Waals surface area (Å²) >= 11 is 9.40. The quantitative estimate of drug-likeness (QED) is 0.581. The lowest BCUT2D eigenvalue weighted by atomic mass is 10.1. The van der Waals surface area contributed by atoms with Gasteiger partial charge in [-0.15, -0.1) is 0 Å². The van der Waals surface area contributed by atoms with Crippen LogP contribution in [0.5, 0.6) is 0 Å². The van der Waals surface area contributed by atoms with Crippen LogP contribution in [0, 0.1) is 0 Å². The van der Waals surface area contributed by atoms with Gasteiger partial charge in [0.15, 0.2) is 5.82 Å². The Morgan fingerprint density at radius 2 is 2.08 bits per heavy atom. The van der Waals surface area contributed by atoms with Crippen molar-refractivity contribution in [1.29, 1.82) is 0 Å². The molecule has 128 valence electrons. The van der Waals surface area contributed by atoms with Gasteiger partial charge in [0.05, 0.1) is 10.6 Å². The van der Waals surface area contributed by atoms with Crippen molar-refractivity contribution in [3.8, 4) is 0 Å². The second kappa shape index (κ2) is 7.36. The van der Waals surface area contributed by atoms with E-state index in [2.05, 4.69) is 31.2 Å². The second-order valence-electron chi connectivity index (χ2n) is 6.04. The molecule has 24 heavy (non-hydrogen) atoms. The van der Waals surface area contributed by atoms with E-state index in [1.54, 1.807) is 33.0 Å². The number of anilines is 1. The standard InChI is InChI=1S/C16H17BrClN3O3/c1-16(2,3)24-15(23)11-5-4-9(6-12(11)18)21-14(22)13-19-8-10(7-17)20-13/h4-6,8H,7H2,1-3H3,(H,19,20)(H,21,22). The summed E-state index contributed by atoms with van der Waals surface area (Å²) in [7, 11) is 0. The van der Waals surface area contributed by atoms with Crippen molar-refractivity contribution >= 4 is 45.1 Å². The number of amides is 1. The fourth-order valence-corrected chi connectivity index (χ4v) is 2.37. The first kappa shape index (κ1) is 18.5. The van der Waals surface area contributed by atoms with E-state index >= 15 is 0 Å². The van der Waals surface area contributed by atoms with Crippen LogP contribution in [-0.2, 0) is 10.1 Å². The molecule has 0 spiro atoms. The third-order valence-corrected chi connectivity index (χ3v) is 3.75. The SMILES string of the molecule is CC(C)(C)OC(=O)c1ccc(NC(=O)c2ncc(CBr)[nH]2)cc1Cl. The van der Waals surface area contributed by atoms with Gasteiger partial charge in [-0.2, -0.15) is 0 Å². The number of aromatic nitrogens is 2. The molecule has 0 bridgehead atoms. The fraction of sp³-hybridized carbons (Fsp3) is 0.312. The van der Waals surface area contributed by atoms with Crippen LogP contribution in [0.4, 0.5) is 5.69 Å². The van der Waals surface area contributed by atoms with Gasteiger partial charge in [-0.1, -0.05) is 27.5 Å². The van der Waals surface area contributed by atoms with Gasteiger partial charge < -0.3 is 15.0 Å². The summed E-state index contributed by atoms with van der Waals surface area (Å²) in [6.45, 7) is 5.33. The average Bonchev–Trinajstić information content (AvgIpc) is 2.94. The van der Waals surface area contributed by atoms with Crippen molar-refractivity contribution in [2.45, 2.75) is 31.7 Å². The molecule has 0 aliphatic carbocycles.